The number of nitrogens with zero attached hydrogens (tertiary/aromatic N) is 4. The Bertz CT molecular complexity index is 4600. The Morgan fingerprint density at radius 1 is 0.278 bits per heavy atom. The van der Waals surface area contributed by atoms with Crippen molar-refractivity contribution < 1.29 is 0 Å². The quantitative estimate of drug-likeness (QED) is 0.167. The average Bonchev–Trinajstić information content (AvgIpc) is 3.97. The first-order valence-corrected chi connectivity index (χ1v) is 25.2. The van der Waals surface area contributed by atoms with Crippen molar-refractivity contribution in [2.24, 2.45) is 0 Å². The zero-order valence-corrected chi connectivity index (χ0v) is 39.6. The molecule has 72 heavy (non-hydrogen) atoms. The van der Waals surface area contributed by atoms with Gasteiger partial charge in [0.15, 0.2) is 17.5 Å². The lowest BCUT2D eigenvalue weighted by atomic mass is 9.89. The fourth-order valence-electron chi connectivity index (χ4n) is 11.2. The second-order valence-corrected chi connectivity index (χ2v) is 19.8. The van der Waals surface area contributed by atoms with Gasteiger partial charge in [-0.05, 0) is 121 Å². The van der Waals surface area contributed by atoms with E-state index in [1.807, 2.05) is 11.3 Å². The number of thiophene rings is 1. The van der Waals surface area contributed by atoms with Crippen LogP contribution in [0.15, 0.2) is 243 Å². The zero-order chi connectivity index (χ0) is 47.3. The Hall–Kier alpha value is -9.29. The molecular weight excluding hydrogens is 893 g/mol. The fourth-order valence-corrected chi connectivity index (χ4v) is 12.3. The highest BCUT2D eigenvalue weighted by atomic mass is 32.1. The van der Waals surface area contributed by atoms with Crippen molar-refractivity contribution in [1.29, 1.82) is 0 Å². The highest BCUT2D eigenvalue weighted by Crippen LogP contribution is 2.46. The minimum absolute atomic E-state index is 0.611. The van der Waals surface area contributed by atoms with Crippen LogP contribution in [0.4, 0.5) is 0 Å². The van der Waals surface area contributed by atoms with Crippen LogP contribution in [-0.2, 0) is 0 Å². The third-order valence-electron chi connectivity index (χ3n) is 14.6. The minimum Gasteiger partial charge on any atom is -0.309 e. The van der Waals surface area contributed by atoms with Gasteiger partial charge in [-0.15, -0.1) is 11.3 Å². The van der Waals surface area contributed by atoms with E-state index in [4.69, 9.17) is 15.0 Å². The zero-order valence-electron chi connectivity index (χ0n) is 38.8. The molecule has 4 nitrogen and oxygen atoms in total. The summed E-state index contributed by atoms with van der Waals surface area (Å²) in [5.41, 5.74) is 10.6. The molecule has 15 aromatic rings. The number of fused-ring (bicyclic) bond motifs is 10. The highest BCUT2D eigenvalue weighted by molar-refractivity contribution is 7.25. The molecule has 0 aliphatic heterocycles. The number of hydrogen-bond donors (Lipinski definition) is 0. The second kappa shape index (κ2) is 16.1. The monoisotopic (exact) mass is 932 g/mol. The molecule has 0 amide bonds. The fraction of sp³-hybridized carbons (Fsp3) is 0. The van der Waals surface area contributed by atoms with Crippen molar-refractivity contribution >= 4 is 96.4 Å². The molecule has 3 aromatic heterocycles. The van der Waals surface area contributed by atoms with Crippen LogP contribution in [0.3, 0.4) is 0 Å². The van der Waals surface area contributed by atoms with Gasteiger partial charge in [0.25, 0.3) is 0 Å². The molecule has 0 unspecified atom stereocenters. The van der Waals surface area contributed by atoms with Gasteiger partial charge < -0.3 is 4.57 Å². The van der Waals surface area contributed by atoms with Gasteiger partial charge in [-0.3, -0.25) is 0 Å². The van der Waals surface area contributed by atoms with E-state index in [9.17, 15) is 0 Å². The summed E-state index contributed by atoms with van der Waals surface area (Å²) in [6.45, 7) is 0. The van der Waals surface area contributed by atoms with Gasteiger partial charge in [-0.2, -0.15) is 0 Å². The van der Waals surface area contributed by atoms with Crippen LogP contribution >= 0.6 is 11.3 Å². The second-order valence-electron chi connectivity index (χ2n) is 18.7. The largest absolute Gasteiger partial charge is 0.309 e. The van der Waals surface area contributed by atoms with Crippen molar-refractivity contribution in [3.8, 4) is 62.1 Å². The van der Waals surface area contributed by atoms with Crippen molar-refractivity contribution in [3.05, 3.63) is 243 Å². The molecule has 0 saturated carbocycles. The molecule has 0 N–H and O–H groups in total. The van der Waals surface area contributed by atoms with E-state index < -0.39 is 0 Å². The molecule has 0 fully saturated rings. The predicted molar refractivity (Wildman–Crippen MR) is 304 cm³/mol. The molecule has 0 bridgehead atoms. The molecule has 3 heterocycles. The summed E-state index contributed by atoms with van der Waals surface area (Å²) in [4.78, 5) is 16.6. The van der Waals surface area contributed by atoms with E-state index in [0.29, 0.717) is 17.5 Å². The third kappa shape index (κ3) is 6.48. The highest BCUT2D eigenvalue weighted by Gasteiger charge is 2.25. The standard InChI is InChI=1S/C67H40N4S/c1-2-16-41(17-3-1)43-24-14-25-48(34-43)65-68-66(49-32-33-63-57(37-49)53-28-12-13-31-62(53)72-63)70-67(69-65)64-54-29-11-10-27-52(54)61(40-58(64)51-30-15-23-42-18-8-9-26-50(42)51)71-59-38-46-21-6-4-19-44(46)35-55(59)56-36-45-20-5-7-22-47(45)39-60(56)71/h1-40H. The van der Waals surface area contributed by atoms with Gasteiger partial charge in [0.2, 0.25) is 0 Å². The molecular formula is C67H40N4S. The van der Waals surface area contributed by atoms with Crippen molar-refractivity contribution in [3.63, 3.8) is 0 Å². The van der Waals surface area contributed by atoms with Crippen LogP contribution in [0.25, 0.3) is 147 Å². The molecule has 0 aliphatic carbocycles. The van der Waals surface area contributed by atoms with E-state index >= 15 is 0 Å². The Balaban J connectivity index is 1.07. The third-order valence-corrected chi connectivity index (χ3v) is 15.7. The van der Waals surface area contributed by atoms with Gasteiger partial charge in [0.1, 0.15) is 0 Å². The predicted octanol–water partition coefficient (Wildman–Crippen LogP) is 18.3. The van der Waals surface area contributed by atoms with Gasteiger partial charge in [-0.25, -0.2) is 15.0 Å². The minimum atomic E-state index is 0.611. The Morgan fingerprint density at radius 3 is 1.51 bits per heavy atom. The molecule has 0 spiro atoms. The summed E-state index contributed by atoms with van der Waals surface area (Å²) < 4.78 is 5.00. The first-order chi connectivity index (χ1) is 35.7. The van der Waals surface area contributed by atoms with Crippen LogP contribution in [-0.4, -0.2) is 19.5 Å². The van der Waals surface area contributed by atoms with Crippen LogP contribution in [0, 0.1) is 0 Å². The Kier molecular flexibility index (Phi) is 9.10. The number of hydrogen-bond acceptors (Lipinski definition) is 4. The summed E-state index contributed by atoms with van der Waals surface area (Å²) in [5.74, 6) is 1.84. The SMILES string of the molecule is c1ccc(-c2cccc(-c3nc(-c4ccc5sc6ccccc6c5c4)nc(-c4c(-c5cccc6ccccc56)cc(-n5c6cc7ccccc7cc6c6cc7ccccc7cc65)c5ccccc45)n3)c2)cc1. The molecule has 0 radical (unpaired) electrons. The van der Waals surface area contributed by atoms with E-state index in [-0.39, 0.29) is 0 Å². The van der Waals surface area contributed by atoms with Crippen molar-refractivity contribution in [2.45, 2.75) is 0 Å². The smallest absolute Gasteiger partial charge is 0.165 e. The van der Waals surface area contributed by atoms with E-state index in [2.05, 4.69) is 247 Å². The Labute approximate surface area is 418 Å². The van der Waals surface area contributed by atoms with Crippen molar-refractivity contribution in [2.75, 3.05) is 0 Å². The van der Waals surface area contributed by atoms with E-state index in [1.165, 1.54) is 52.5 Å². The molecule has 15 rings (SSSR count). The molecule has 0 atom stereocenters. The average molecular weight is 933 g/mol. The van der Waals surface area contributed by atoms with Gasteiger partial charge >= 0.3 is 0 Å². The molecule has 5 heteroatoms. The van der Waals surface area contributed by atoms with Crippen LogP contribution in [0.2, 0.25) is 0 Å². The van der Waals surface area contributed by atoms with Crippen molar-refractivity contribution in [1.82, 2.24) is 19.5 Å². The van der Waals surface area contributed by atoms with Crippen LogP contribution < -0.4 is 0 Å². The number of benzene rings is 12. The summed E-state index contributed by atoms with van der Waals surface area (Å²) in [6.07, 6.45) is 0. The molecule has 0 saturated heterocycles. The Morgan fingerprint density at radius 2 is 0.792 bits per heavy atom. The van der Waals surface area contributed by atoms with Crippen LogP contribution in [0.5, 0.6) is 0 Å². The lowest BCUT2D eigenvalue weighted by molar-refractivity contribution is 1.08. The maximum absolute atomic E-state index is 5.60. The van der Waals surface area contributed by atoms with Gasteiger partial charge in [-0.1, -0.05) is 182 Å². The summed E-state index contributed by atoms with van der Waals surface area (Å²) in [5, 5.41) is 14.2. The van der Waals surface area contributed by atoms with Crippen LogP contribution in [0.1, 0.15) is 0 Å². The topological polar surface area (TPSA) is 43.6 Å². The maximum atomic E-state index is 5.60. The number of rotatable bonds is 6. The summed E-state index contributed by atoms with van der Waals surface area (Å²) in [7, 11) is 0. The summed E-state index contributed by atoms with van der Waals surface area (Å²) in [6, 6.07) is 87.9. The van der Waals surface area contributed by atoms with Gasteiger partial charge in [0.05, 0.1) is 16.7 Å². The van der Waals surface area contributed by atoms with Gasteiger partial charge in [0, 0.05) is 53.0 Å². The first-order valence-electron chi connectivity index (χ1n) is 24.4. The maximum Gasteiger partial charge on any atom is 0.165 e. The lowest BCUT2D eigenvalue weighted by Gasteiger charge is -2.20. The lowest BCUT2D eigenvalue weighted by Crippen LogP contribution is -2.04. The summed E-state index contributed by atoms with van der Waals surface area (Å²) >= 11 is 1.81. The van der Waals surface area contributed by atoms with E-state index in [1.54, 1.807) is 0 Å². The normalized spacial score (nSPS) is 11.9. The first kappa shape index (κ1) is 40.6. The number of aromatic nitrogens is 4. The molecule has 334 valence electrons. The van der Waals surface area contributed by atoms with E-state index in [0.717, 1.165) is 77.2 Å². The molecule has 0 aliphatic rings. The molecule has 12 aromatic carbocycles.